The molecule has 4 nitrogen and oxygen atoms in total. The lowest BCUT2D eigenvalue weighted by molar-refractivity contribution is -0.112. The summed E-state index contributed by atoms with van der Waals surface area (Å²) in [5.74, 6) is -0.445. The van der Waals surface area contributed by atoms with Gasteiger partial charge in [0.2, 0.25) is 0 Å². The maximum absolute atomic E-state index is 12.6. The number of para-hydroxylation sites is 2. The molecule has 1 amide bonds. The average Bonchev–Trinajstić information content (AvgIpc) is 2.70. The topological polar surface area (TPSA) is 64.9 Å². The predicted octanol–water partition coefficient (Wildman–Crippen LogP) is 5.28. The molecule has 0 atom stereocenters. The second-order valence-electron chi connectivity index (χ2n) is 6.07. The van der Waals surface area contributed by atoms with Crippen molar-refractivity contribution < 1.29 is 4.79 Å². The van der Waals surface area contributed by atoms with E-state index in [9.17, 15) is 10.1 Å². The standard InChI is InChI=1S/C23H19N3O/c1-17-11-13-20(14-12-17)25-21-9-5-6-10-22(21)26-23(27)19(16-24)15-18-7-3-2-4-8-18/h2-15,25H,1H3,(H,26,27)/b19-15+. The highest BCUT2D eigenvalue weighted by atomic mass is 16.1. The maximum Gasteiger partial charge on any atom is 0.266 e. The van der Waals surface area contributed by atoms with Crippen molar-refractivity contribution in [1.82, 2.24) is 0 Å². The molecule has 0 saturated carbocycles. The van der Waals surface area contributed by atoms with Crippen LogP contribution < -0.4 is 10.6 Å². The number of benzene rings is 3. The number of carbonyl (C=O) groups excluding carboxylic acids is 1. The number of amides is 1. The number of hydrogen-bond acceptors (Lipinski definition) is 3. The van der Waals surface area contributed by atoms with Crippen molar-refractivity contribution in [2.24, 2.45) is 0 Å². The van der Waals surface area contributed by atoms with Gasteiger partial charge in [0, 0.05) is 5.69 Å². The van der Waals surface area contributed by atoms with Crippen molar-refractivity contribution in [3.8, 4) is 6.07 Å². The van der Waals surface area contributed by atoms with E-state index in [0.717, 1.165) is 16.9 Å². The van der Waals surface area contributed by atoms with E-state index in [1.807, 2.05) is 85.8 Å². The maximum atomic E-state index is 12.6. The van der Waals surface area contributed by atoms with Gasteiger partial charge in [0.1, 0.15) is 11.6 Å². The number of nitrogens with one attached hydrogen (secondary N) is 2. The van der Waals surface area contributed by atoms with Gasteiger partial charge in [-0.15, -0.1) is 0 Å². The largest absolute Gasteiger partial charge is 0.354 e. The van der Waals surface area contributed by atoms with E-state index in [4.69, 9.17) is 0 Å². The zero-order valence-corrected chi connectivity index (χ0v) is 14.9. The Kier molecular flexibility index (Phi) is 5.66. The number of nitriles is 1. The average molecular weight is 353 g/mol. The zero-order valence-electron chi connectivity index (χ0n) is 14.9. The highest BCUT2D eigenvalue weighted by Gasteiger charge is 2.12. The third-order valence-corrected chi connectivity index (χ3v) is 3.98. The molecule has 0 aliphatic rings. The first kappa shape index (κ1) is 18.0. The molecule has 3 aromatic rings. The van der Waals surface area contributed by atoms with Crippen molar-refractivity contribution in [2.75, 3.05) is 10.6 Å². The lowest BCUT2D eigenvalue weighted by atomic mass is 10.1. The lowest BCUT2D eigenvalue weighted by Gasteiger charge is -2.13. The van der Waals surface area contributed by atoms with Gasteiger partial charge < -0.3 is 10.6 Å². The highest BCUT2D eigenvalue weighted by molar-refractivity contribution is 6.11. The van der Waals surface area contributed by atoms with E-state index >= 15 is 0 Å². The van der Waals surface area contributed by atoms with Gasteiger partial charge in [-0.05, 0) is 42.8 Å². The molecule has 0 aromatic heterocycles. The van der Waals surface area contributed by atoms with Crippen molar-refractivity contribution in [1.29, 1.82) is 5.26 Å². The van der Waals surface area contributed by atoms with Gasteiger partial charge in [-0.25, -0.2) is 0 Å². The number of nitrogens with zero attached hydrogens (tertiary/aromatic N) is 1. The van der Waals surface area contributed by atoms with Crippen LogP contribution in [0.1, 0.15) is 11.1 Å². The van der Waals surface area contributed by atoms with Crippen LogP contribution >= 0.6 is 0 Å². The van der Waals surface area contributed by atoms with Gasteiger partial charge in [0.25, 0.3) is 5.91 Å². The van der Waals surface area contributed by atoms with Crippen molar-refractivity contribution >= 4 is 29.0 Å². The number of hydrogen-bond donors (Lipinski definition) is 2. The van der Waals surface area contributed by atoms with E-state index in [1.165, 1.54) is 5.56 Å². The third-order valence-electron chi connectivity index (χ3n) is 3.98. The first-order chi connectivity index (χ1) is 13.2. The van der Waals surface area contributed by atoms with Gasteiger partial charge in [-0.3, -0.25) is 4.79 Å². The summed E-state index contributed by atoms with van der Waals surface area (Å²) in [6.45, 7) is 2.03. The van der Waals surface area contributed by atoms with Crippen molar-refractivity contribution in [3.05, 3.63) is 95.6 Å². The summed E-state index contributed by atoms with van der Waals surface area (Å²) >= 11 is 0. The fourth-order valence-electron chi connectivity index (χ4n) is 2.55. The Hall–Kier alpha value is -3.84. The van der Waals surface area contributed by atoms with E-state index in [0.29, 0.717) is 5.69 Å². The molecule has 0 fully saturated rings. The van der Waals surface area contributed by atoms with E-state index in [1.54, 1.807) is 12.1 Å². The first-order valence-corrected chi connectivity index (χ1v) is 8.56. The molecule has 3 rings (SSSR count). The quantitative estimate of drug-likeness (QED) is 0.484. The lowest BCUT2D eigenvalue weighted by Crippen LogP contribution is -2.14. The molecule has 0 bridgehead atoms. The van der Waals surface area contributed by atoms with Crippen LogP contribution in [0.4, 0.5) is 17.1 Å². The molecule has 27 heavy (non-hydrogen) atoms. The molecule has 132 valence electrons. The minimum Gasteiger partial charge on any atom is -0.354 e. The van der Waals surface area contributed by atoms with Crippen LogP contribution in [0.5, 0.6) is 0 Å². The summed E-state index contributed by atoms with van der Waals surface area (Å²) in [6.07, 6.45) is 1.57. The Balaban J connectivity index is 1.81. The summed E-state index contributed by atoms with van der Waals surface area (Å²) in [6, 6.07) is 26.6. The Bertz CT molecular complexity index is 1000. The number of carbonyl (C=O) groups is 1. The zero-order chi connectivity index (χ0) is 19.1. The van der Waals surface area contributed by atoms with Gasteiger partial charge in [0.05, 0.1) is 11.4 Å². The molecule has 0 unspecified atom stereocenters. The Morgan fingerprint density at radius 2 is 1.52 bits per heavy atom. The number of aryl methyl sites for hydroxylation is 1. The minimum atomic E-state index is -0.445. The minimum absolute atomic E-state index is 0.0475. The summed E-state index contributed by atoms with van der Waals surface area (Å²) in [4.78, 5) is 12.6. The van der Waals surface area contributed by atoms with E-state index in [-0.39, 0.29) is 5.57 Å². The van der Waals surface area contributed by atoms with Crippen LogP contribution in [-0.4, -0.2) is 5.91 Å². The molecule has 3 aromatic carbocycles. The number of anilines is 3. The van der Waals surface area contributed by atoms with Crippen LogP contribution in [0.15, 0.2) is 84.4 Å². The van der Waals surface area contributed by atoms with Gasteiger partial charge in [-0.1, -0.05) is 60.2 Å². The summed E-state index contributed by atoms with van der Waals surface area (Å²) in [7, 11) is 0. The van der Waals surface area contributed by atoms with E-state index in [2.05, 4.69) is 10.6 Å². The second kappa shape index (κ2) is 8.50. The number of rotatable bonds is 5. The van der Waals surface area contributed by atoms with Crippen molar-refractivity contribution in [2.45, 2.75) is 6.92 Å². The summed E-state index contributed by atoms with van der Waals surface area (Å²) in [5.41, 5.74) is 4.31. The summed E-state index contributed by atoms with van der Waals surface area (Å²) in [5, 5.41) is 15.5. The Morgan fingerprint density at radius 3 is 2.19 bits per heavy atom. The van der Waals surface area contributed by atoms with E-state index < -0.39 is 5.91 Å². The monoisotopic (exact) mass is 353 g/mol. The molecule has 0 aliphatic heterocycles. The molecular weight excluding hydrogens is 334 g/mol. The Morgan fingerprint density at radius 1 is 0.889 bits per heavy atom. The van der Waals surface area contributed by atoms with Crippen LogP contribution in [0.2, 0.25) is 0 Å². The molecule has 4 heteroatoms. The van der Waals surface area contributed by atoms with Gasteiger partial charge in [0.15, 0.2) is 0 Å². The highest BCUT2D eigenvalue weighted by Crippen LogP contribution is 2.26. The molecule has 0 spiro atoms. The smallest absolute Gasteiger partial charge is 0.266 e. The van der Waals surface area contributed by atoms with Crippen LogP contribution in [0, 0.1) is 18.3 Å². The molecule has 0 aliphatic carbocycles. The molecular formula is C23H19N3O. The third kappa shape index (κ3) is 4.83. The van der Waals surface area contributed by atoms with Crippen molar-refractivity contribution in [3.63, 3.8) is 0 Å². The van der Waals surface area contributed by atoms with Crippen LogP contribution in [0.3, 0.4) is 0 Å². The molecule has 0 saturated heterocycles. The van der Waals surface area contributed by atoms with Crippen LogP contribution in [-0.2, 0) is 4.79 Å². The summed E-state index contributed by atoms with van der Waals surface area (Å²) < 4.78 is 0. The Labute approximate surface area is 158 Å². The predicted molar refractivity (Wildman–Crippen MR) is 110 cm³/mol. The normalized spacial score (nSPS) is 10.7. The fraction of sp³-hybridized carbons (Fsp3) is 0.0435. The van der Waals surface area contributed by atoms with Gasteiger partial charge in [-0.2, -0.15) is 5.26 Å². The fourth-order valence-corrected chi connectivity index (χ4v) is 2.55. The first-order valence-electron chi connectivity index (χ1n) is 8.56. The molecule has 0 heterocycles. The van der Waals surface area contributed by atoms with Gasteiger partial charge >= 0.3 is 0 Å². The molecule has 0 radical (unpaired) electrons. The SMILES string of the molecule is Cc1ccc(Nc2ccccc2NC(=O)/C(C#N)=C/c2ccccc2)cc1. The molecule has 2 N–H and O–H groups in total. The van der Waals surface area contributed by atoms with Crippen LogP contribution in [0.25, 0.3) is 6.08 Å². The second-order valence-corrected chi connectivity index (χ2v) is 6.07.